The number of imidazole rings is 1. The Morgan fingerprint density at radius 2 is 2.00 bits per heavy atom. The van der Waals surface area contributed by atoms with E-state index >= 15 is 4.39 Å². The van der Waals surface area contributed by atoms with Crippen molar-refractivity contribution in [2.75, 3.05) is 12.3 Å². The average Bonchev–Trinajstić information content (AvgIpc) is 3.32. The van der Waals surface area contributed by atoms with Crippen molar-refractivity contribution in [1.29, 1.82) is 0 Å². The van der Waals surface area contributed by atoms with Crippen molar-refractivity contribution in [2.45, 2.75) is 82.9 Å². The Labute approximate surface area is 192 Å². The number of aromatic nitrogens is 4. The van der Waals surface area contributed by atoms with E-state index in [0.29, 0.717) is 6.42 Å². The zero-order chi connectivity index (χ0) is 24.1. The van der Waals surface area contributed by atoms with E-state index in [-0.39, 0.29) is 23.4 Å². The van der Waals surface area contributed by atoms with Gasteiger partial charge in [-0.05, 0) is 6.42 Å². The van der Waals surface area contributed by atoms with Gasteiger partial charge in [-0.1, -0.05) is 58.3 Å². The monoisotopic (exact) mass is 461 g/mol. The molecule has 9 nitrogen and oxygen atoms in total. The van der Waals surface area contributed by atoms with E-state index in [1.807, 2.05) is 0 Å². The van der Waals surface area contributed by atoms with Crippen LogP contribution in [-0.4, -0.2) is 48.7 Å². The number of unbranched alkanes of at least 4 members (excludes halogenated alkanes) is 6. The molecule has 3 N–H and O–H groups in total. The van der Waals surface area contributed by atoms with E-state index in [9.17, 15) is 9.90 Å². The fourth-order valence-corrected chi connectivity index (χ4v) is 4.06. The zero-order valence-corrected chi connectivity index (χ0v) is 19.2. The molecule has 0 saturated carbocycles. The van der Waals surface area contributed by atoms with E-state index in [4.69, 9.17) is 21.6 Å². The van der Waals surface area contributed by atoms with Gasteiger partial charge in [0.1, 0.15) is 11.8 Å². The second-order valence-electron chi connectivity index (χ2n) is 8.56. The predicted molar refractivity (Wildman–Crippen MR) is 120 cm³/mol. The molecule has 4 atom stereocenters. The van der Waals surface area contributed by atoms with Crippen LogP contribution in [0, 0.1) is 18.3 Å². The van der Waals surface area contributed by atoms with Crippen LogP contribution < -0.4 is 5.73 Å². The van der Waals surface area contributed by atoms with Crippen LogP contribution in [0.2, 0.25) is 0 Å². The summed E-state index contributed by atoms with van der Waals surface area (Å²) in [4.78, 5) is 24.2. The fourth-order valence-electron chi connectivity index (χ4n) is 4.06. The van der Waals surface area contributed by atoms with Crippen LogP contribution in [0.1, 0.15) is 71.4 Å². The highest BCUT2D eigenvalue weighted by Gasteiger charge is 2.63. The van der Waals surface area contributed by atoms with Gasteiger partial charge in [0.2, 0.25) is 0 Å². The molecule has 10 heteroatoms. The topological polar surface area (TPSA) is 125 Å². The minimum atomic E-state index is -2.50. The molecule has 1 fully saturated rings. The molecule has 3 heterocycles. The minimum absolute atomic E-state index is 0.125. The number of esters is 1. The van der Waals surface area contributed by atoms with Crippen molar-refractivity contribution >= 4 is 23.0 Å². The highest BCUT2D eigenvalue weighted by Crippen LogP contribution is 2.50. The SMILES string of the molecule is C#C[C@]1(O)[C@H](n2cnc3c(N)ncnc32)O[C@](F)(COC(=O)CCCCCCCCC)[C@H]1C. The Balaban J connectivity index is 1.63. The number of carbonyl (C=O) groups excluding carboxylic acids is 1. The molecular weight excluding hydrogens is 429 g/mol. The highest BCUT2D eigenvalue weighted by atomic mass is 19.2. The Morgan fingerprint density at radius 3 is 2.70 bits per heavy atom. The van der Waals surface area contributed by atoms with Crippen molar-refractivity contribution in [3.8, 4) is 12.3 Å². The molecule has 1 saturated heterocycles. The van der Waals surface area contributed by atoms with Gasteiger partial charge in [-0.3, -0.25) is 9.36 Å². The molecule has 2 aromatic heterocycles. The molecule has 0 spiro atoms. The summed E-state index contributed by atoms with van der Waals surface area (Å²) in [7, 11) is 0. The number of ether oxygens (including phenoxy) is 2. The lowest BCUT2D eigenvalue weighted by molar-refractivity contribution is -0.204. The summed E-state index contributed by atoms with van der Waals surface area (Å²) < 4.78 is 27.8. The van der Waals surface area contributed by atoms with Gasteiger partial charge in [0, 0.05) is 6.42 Å². The first-order valence-corrected chi connectivity index (χ1v) is 11.4. The van der Waals surface area contributed by atoms with E-state index in [2.05, 4.69) is 27.8 Å². The number of alkyl halides is 1. The summed E-state index contributed by atoms with van der Waals surface area (Å²) in [5, 5.41) is 11.1. The largest absolute Gasteiger partial charge is 0.460 e. The molecule has 180 valence electrons. The third kappa shape index (κ3) is 5.09. The number of nitrogen functional groups attached to an aromatic ring is 1. The number of nitrogens with zero attached hydrogens (tertiary/aromatic N) is 4. The van der Waals surface area contributed by atoms with Crippen LogP contribution in [0.15, 0.2) is 12.7 Å². The van der Waals surface area contributed by atoms with Crippen molar-refractivity contribution in [3.05, 3.63) is 12.7 Å². The summed E-state index contributed by atoms with van der Waals surface area (Å²) in [6.45, 7) is 2.89. The van der Waals surface area contributed by atoms with E-state index in [0.717, 1.165) is 19.3 Å². The third-order valence-electron chi connectivity index (χ3n) is 6.28. The Bertz CT molecular complexity index is 1010. The normalized spacial score (nSPS) is 27.0. The van der Waals surface area contributed by atoms with E-state index in [1.165, 1.54) is 43.4 Å². The van der Waals surface area contributed by atoms with Gasteiger partial charge in [0.15, 0.2) is 29.9 Å². The average molecular weight is 462 g/mol. The third-order valence-corrected chi connectivity index (χ3v) is 6.28. The lowest BCUT2D eigenvalue weighted by Gasteiger charge is -2.27. The minimum Gasteiger partial charge on any atom is -0.460 e. The van der Waals surface area contributed by atoms with Crippen LogP contribution >= 0.6 is 0 Å². The number of hydrogen-bond donors (Lipinski definition) is 2. The van der Waals surface area contributed by atoms with Crippen LogP contribution in [0.25, 0.3) is 11.2 Å². The molecule has 0 amide bonds. The highest BCUT2D eigenvalue weighted by molar-refractivity contribution is 5.81. The number of halogens is 1. The summed E-state index contributed by atoms with van der Waals surface area (Å²) >= 11 is 0. The van der Waals surface area contributed by atoms with Gasteiger partial charge < -0.3 is 20.3 Å². The predicted octanol–water partition coefficient (Wildman–Crippen LogP) is 3.29. The van der Waals surface area contributed by atoms with E-state index < -0.39 is 36.2 Å². The molecule has 0 aliphatic carbocycles. The molecule has 3 rings (SSSR count). The Morgan fingerprint density at radius 1 is 1.30 bits per heavy atom. The Kier molecular flexibility index (Phi) is 7.87. The first kappa shape index (κ1) is 24.9. The van der Waals surface area contributed by atoms with Crippen molar-refractivity contribution < 1.29 is 23.8 Å². The molecule has 2 aromatic rings. The van der Waals surface area contributed by atoms with Crippen LogP contribution in [0.5, 0.6) is 0 Å². The number of hydrogen-bond acceptors (Lipinski definition) is 8. The lowest BCUT2D eigenvalue weighted by atomic mass is 9.86. The van der Waals surface area contributed by atoms with Crippen molar-refractivity contribution in [1.82, 2.24) is 19.5 Å². The van der Waals surface area contributed by atoms with Gasteiger partial charge in [0.25, 0.3) is 5.85 Å². The molecule has 0 bridgehead atoms. The maximum Gasteiger partial charge on any atom is 0.305 e. The number of fused-ring (bicyclic) bond motifs is 1. The quantitative estimate of drug-likeness (QED) is 0.297. The molecule has 33 heavy (non-hydrogen) atoms. The molecule has 1 aliphatic rings. The molecular formula is C23H32FN5O4. The number of nitrogens with two attached hydrogens (primary N) is 1. The van der Waals surface area contributed by atoms with Crippen LogP contribution in [-0.2, 0) is 14.3 Å². The van der Waals surface area contributed by atoms with Crippen molar-refractivity contribution in [3.63, 3.8) is 0 Å². The summed E-state index contributed by atoms with van der Waals surface area (Å²) in [6, 6.07) is 0. The smallest absolute Gasteiger partial charge is 0.305 e. The first-order chi connectivity index (χ1) is 15.8. The van der Waals surface area contributed by atoms with Gasteiger partial charge in [-0.25, -0.2) is 19.3 Å². The summed E-state index contributed by atoms with van der Waals surface area (Å²) in [5.74, 6) is -1.86. The lowest BCUT2D eigenvalue weighted by Crippen LogP contribution is -2.44. The molecule has 1 aliphatic heterocycles. The standard InChI is InChI=1S/C23H32FN5O4/c1-4-6-7-8-9-10-11-12-17(30)32-13-23(24)16(3)22(31,5-2)21(33-23)29-15-28-18-19(25)26-14-27-20(18)29/h2,14-16,21,31H,4,6-13H2,1,3H3,(H2,25,26,27)/t16-,21+,22+,23+/m0/s1. The number of carbonyl (C=O) groups is 1. The number of terminal acetylenes is 1. The zero-order valence-electron chi connectivity index (χ0n) is 19.2. The fraction of sp³-hybridized carbons (Fsp3) is 0.652. The number of aliphatic hydroxyl groups is 1. The molecule has 0 unspecified atom stereocenters. The van der Waals surface area contributed by atoms with Crippen LogP contribution in [0.4, 0.5) is 10.2 Å². The second kappa shape index (κ2) is 10.4. The molecule has 0 radical (unpaired) electrons. The van der Waals surface area contributed by atoms with Gasteiger partial charge in [-0.2, -0.15) is 0 Å². The van der Waals surface area contributed by atoms with Gasteiger partial charge >= 0.3 is 5.97 Å². The van der Waals surface area contributed by atoms with Crippen LogP contribution in [0.3, 0.4) is 0 Å². The Hall–Kier alpha value is -2.77. The van der Waals surface area contributed by atoms with Gasteiger partial charge in [-0.15, -0.1) is 6.42 Å². The maximum atomic E-state index is 15.8. The number of rotatable bonds is 11. The van der Waals surface area contributed by atoms with E-state index in [1.54, 1.807) is 0 Å². The first-order valence-electron chi connectivity index (χ1n) is 11.4. The van der Waals surface area contributed by atoms with Gasteiger partial charge in [0.05, 0.1) is 12.2 Å². The molecule has 0 aromatic carbocycles. The number of anilines is 1. The second-order valence-corrected chi connectivity index (χ2v) is 8.56. The summed E-state index contributed by atoms with van der Waals surface area (Å²) in [5.41, 5.74) is 4.26. The van der Waals surface area contributed by atoms with Crippen molar-refractivity contribution in [2.24, 2.45) is 5.92 Å². The maximum absolute atomic E-state index is 15.8. The summed E-state index contributed by atoms with van der Waals surface area (Å²) in [6.07, 6.45) is 14.4.